The van der Waals surface area contributed by atoms with Crippen molar-refractivity contribution in [1.29, 1.82) is 0 Å². The number of hydrogen-bond acceptors (Lipinski definition) is 4. The Kier molecular flexibility index (Phi) is 4.48. The first-order valence-corrected chi connectivity index (χ1v) is 7.98. The maximum atomic E-state index is 12.5. The highest BCUT2D eigenvalue weighted by Gasteiger charge is 2.16. The molecule has 0 aliphatic heterocycles. The summed E-state index contributed by atoms with van der Waals surface area (Å²) in [5.74, 6) is -0.716. The summed E-state index contributed by atoms with van der Waals surface area (Å²) in [5, 5.41) is 33.2. The largest absolute Gasteiger partial charge is 0.507 e. The van der Waals surface area contributed by atoms with Gasteiger partial charge >= 0.3 is 0 Å². The fraction of sp³-hybridized carbons (Fsp3) is 0.150. The summed E-state index contributed by atoms with van der Waals surface area (Å²) in [5.41, 5.74) is 1.40. The number of hydrogen-bond donors (Lipinski definition) is 4. The molecule has 3 aromatic carbocycles. The SMILES string of the molecule is CC(Cc1ccc(O)c(O)c1)C(=O)Nc1cccc2c(O)cccc12. The molecule has 1 unspecified atom stereocenters. The van der Waals surface area contributed by atoms with Gasteiger partial charge in [0.2, 0.25) is 5.91 Å². The van der Waals surface area contributed by atoms with Gasteiger partial charge in [-0.05, 0) is 36.2 Å². The van der Waals surface area contributed by atoms with E-state index in [0.717, 1.165) is 10.9 Å². The fourth-order valence-corrected chi connectivity index (χ4v) is 2.80. The molecular formula is C20H19NO4. The van der Waals surface area contributed by atoms with Gasteiger partial charge in [0.25, 0.3) is 0 Å². The Morgan fingerprint density at radius 3 is 2.40 bits per heavy atom. The normalized spacial score (nSPS) is 12.0. The minimum absolute atomic E-state index is 0.164. The molecule has 0 spiro atoms. The molecule has 4 N–H and O–H groups in total. The molecule has 0 radical (unpaired) electrons. The van der Waals surface area contributed by atoms with Crippen molar-refractivity contribution in [2.45, 2.75) is 13.3 Å². The van der Waals surface area contributed by atoms with Gasteiger partial charge in [-0.3, -0.25) is 4.79 Å². The van der Waals surface area contributed by atoms with Crippen LogP contribution < -0.4 is 5.32 Å². The standard InChI is InChI=1S/C20H19NO4/c1-12(10-13-8-9-18(23)19(24)11-13)20(25)21-16-6-2-5-15-14(16)4-3-7-17(15)22/h2-9,11-12,22-24H,10H2,1H3,(H,21,25). The molecule has 3 rings (SSSR count). The van der Waals surface area contributed by atoms with Crippen LogP contribution in [0.15, 0.2) is 54.6 Å². The zero-order valence-electron chi connectivity index (χ0n) is 13.7. The van der Waals surface area contributed by atoms with Crippen molar-refractivity contribution >= 4 is 22.4 Å². The quantitative estimate of drug-likeness (QED) is 0.546. The molecule has 5 nitrogen and oxygen atoms in total. The van der Waals surface area contributed by atoms with Gasteiger partial charge in [0.15, 0.2) is 11.5 Å². The molecule has 0 fully saturated rings. The van der Waals surface area contributed by atoms with Gasteiger partial charge in [-0.1, -0.05) is 37.3 Å². The summed E-state index contributed by atoms with van der Waals surface area (Å²) in [6.07, 6.45) is 0.426. The number of phenols is 3. The molecule has 0 aliphatic carbocycles. The van der Waals surface area contributed by atoms with Crippen LogP contribution >= 0.6 is 0 Å². The van der Waals surface area contributed by atoms with E-state index >= 15 is 0 Å². The molecule has 0 saturated carbocycles. The molecule has 3 aromatic rings. The molecule has 128 valence electrons. The van der Waals surface area contributed by atoms with E-state index in [4.69, 9.17) is 0 Å². The number of benzene rings is 3. The van der Waals surface area contributed by atoms with E-state index in [-0.39, 0.29) is 29.1 Å². The highest BCUT2D eigenvalue weighted by molar-refractivity contribution is 6.04. The van der Waals surface area contributed by atoms with Crippen LogP contribution in [-0.4, -0.2) is 21.2 Å². The van der Waals surface area contributed by atoms with Crippen LogP contribution in [0.5, 0.6) is 17.2 Å². The van der Waals surface area contributed by atoms with Crippen molar-refractivity contribution in [3.05, 3.63) is 60.2 Å². The highest BCUT2D eigenvalue weighted by Crippen LogP contribution is 2.30. The Labute approximate surface area is 145 Å². The van der Waals surface area contributed by atoms with Crippen LogP contribution in [0.1, 0.15) is 12.5 Å². The van der Waals surface area contributed by atoms with E-state index in [1.165, 1.54) is 12.1 Å². The Balaban J connectivity index is 1.78. The molecule has 5 heteroatoms. The topological polar surface area (TPSA) is 89.8 Å². The van der Waals surface area contributed by atoms with E-state index < -0.39 is 0 Å². The monoisotopic (exact) mass is 337 g/mol. The summed E-state index contributed by atoms with van der Waals surface area (Å²) >= 11 is 0. The summed E-state index contributed by atoms with van der Waals surface area (Å²) in [4.78, 5) is 12.5. The number of aromatic hydroxyl groups is 3. The lowest BCUT2D eigenvalue weighted by atomic mass is 9.99. The summed E-state index contributed by atoms with van der Waals surface area (Å²) in [6.45, 7) is 1.79. The Bertz CT molecular complexity index is 936. The molecule has 0 aromatic heterocycles. The van der Waals surface area contributed by atoms with Gasteiger partial charge in [-0.25, -0.2) is 0 Å². The number of carbonyl (C=O) groups excluding carboxylic acids is 1. The molecular weight excluding hydrogens is 318 g/mol. The maximum Gasteiger partial charge on any atom is 0.227 e. The lowest BCUT2D eigenvalue weighted by Gasteiger charge is -2.14. The van der Waals surface area contributed by atoms with Crippen molar-refractivity contribution in [2.24, 2.45) is 5.92 Å². The van der Waals surface area contributed by atoms with Gasteiger partial charge in [-0.15, -0.1) is 0 Å². The van der Waals surface area contributed by atoms with Crippen LogP contribution in [-0.2, 0) is 11.2 Å². The predicted octanol–water partition coefficient (Wildman–Crippen LogP) is 3.77. The number of phenolic OH excluding ortho intramolecular Hbond substituents is 3. The zero-order valence-corrected chi connectivity index (χ0v) is 13.7. The first kappa shape index (κ1) is 16.6. The fourth-order valence-electron chi connectivity index (χ4n) is 2.80. The second-order valence-corrected chi connectivity index (χ2v) is 6.10. The predicted molar refractivity (Wildman–Crippen MR) is 96.9 cm³/mol. The van der Waals surface area contributed by atoms with Gasteiger partial charge in [0, 0.05) is 22.4 Å². The van der Waals surface area contributed by atoms with Crippen molar-refractivity contribution in [3.8, 4) is 17.2 Å². The van der Waals surface area contributed by atoms with Crippen molar-refractivity contribution < 1.29 is 20.1 Å². The Morgan fingerprint density at radius 1 is 0.920 bits per heavy atom. The number of rotatable bonds is 4. The van der Waals surface area contributed by atoms with Crippen LogP contribution in [0, 0.1) is 5.92 Å². The van der Waals surface area contributed by atoms with Crippen molar-refractivity contribution in [1.82, 2.24) is 0 Å². The number of fused-ring (bicyclic) bond motifs is 1. The van der Waals surface area contributed by atoms with E-state index in [2.05, 4.69) is 5.32 Å². The van der Waals surface area contributed by atoms with E-state index in [1.807, 2.05) is 6.07 Å². The molecule has 1 atom stereocenters. The van der Waals surface area contributed by atoms with E-state index in [9.17, 15) is 20.1 Å². The second kappa shape index (κ2) is 6.73. The summed E-state index contributed by atoms with van der Waals surface area (Å²) in [6, 6.07) is 15.1. The zero-order chi connectivity index (χ0) is 18.0. The second-order valence-electron chi connectivity index (χ2n) is 6.10. The average Bonchev–Trinajstić information content (AvgIpc) is 2.59. The smallest absolute Gasteiger partial charge is 0.227 e. The third kappa shape index (κ3) is 3.50. The molecule has 0 saturated heterocycles. The third-order valence-electron chi connectivity index (χ3n) is 4.19. The first-order valence-electron chi connectivity index (χ1n) is 7.98. The van der Waals surface area contributed by atoms with Crippen LogP contribution in [0.25, 0.3) is 10.8 Å². The third-order valence-corrected chi connectivity index (χ3v) is 4.19. The molecule has 0 bridgehead atoms. The van der Waals surface area contributed by atoms with E-state index in [0.29, 0.717) is 17.5 Å². The Morgan fingerprint density at radius 2 is 1.64 bits per heavy atom. The van der Waals surface area contributed by atoms with E-state index in [1.54, 1.807) is 43.3 Å². The molecule has 1 amide bonds. The molecule has 0 heterocycles. The van der Waals surface area contributed by atoms with Gasteiger partial charge < -0.3 is 20.6 Å². The average molecular weight is 337 g/mol. The lowest BCUT2D eigenvalue weighted by molar-refractivity contribution is -0.119. The van der Waals surface area contributed by atoms with Crippen molar-refractivity contribution in [2.75, 3.05) is 5.32 Å². The number of anilines is 1. The highest BCUT2D eigenvalue weighted by atomic mass is 16.3. The van der Waals surface area contributed by atoms with Crippen LogP contribution in [0.2, 0.25) is 0 Å². The number of amides is 1. The van der Waals surface area contributed by atoms with Crippen LogP contribution in [0.3, 0.4) is 0 Å². The summed E-state index contributed by atoms with van der Waals surface area (Å²) < 4.78 is 0. The Hall–Kier alpha value is -3.21. The number of carbonyl (C=O) groups is 1. The summed E-state index contributed by atoms with van der Waals surface area (Å²) in [7, 11) is 0. The number of nitrogens with one attached hydrogen (secondary N) is 1. The lowest BCUT2D eigenvalue weighted by Crippen LogP contribution is -2.22. The van der Waals surface area contributed by atoms with Gasteiger partial charge in [0.05, 0.1) is 0 Å². The maximum absolute atomic E-state index is 12.5. The first-order chi connectivity index (χ1) is 12.0. The van der Waals surface area contributed by atoms with Crippen LogP contribution in [0.4, 0.5) is 5.69 Å². The molecule has 0 aliphatic rings. The van der Waals surface area contributed by atoms with Gasteiger partial charge in [-0.2, -0.15) is 0 Å². The minimum atomic E-state index is -0.337. The minimum Gasteiger partial charge on any atom is -0.507 e. The van der Waals surface area contributed by atoms with Gasteiger partial charge in [0.1, 0.15) is 5.75 Å². The molecule has 25 heavy (non-hydrogen) atoms. The van der Waals surface area contributed by atoms with Crippen molar-refractivity contribution in [3.63, 3.8) is 0 Å².